The van der Waals surface area contributed by atoms with E-state index in [0.29, 0.717) is 6.61 Å². The average Bonchev–Trinajstić information content (AvgIpc) is 2.73. The van der Waals surface area contributed by atoms with Crippen molar-refractivity contribution in [1.82, 2.24) is 4.98 Å². The predicted octanol–water partition coefficient (Wildman–Crippen LogP) is 2.52. The highest BCUT2D eigenvalue weighted by atomic mass is 32.1. The lowest BCUT2D eigenvalue weighted by Gasteiger charge is -2.08. The van der Waals surface area contributed by atoms with Gasteiger partial charge in [-0.1, -0.05) is 18.2 Å². The molecule has 0 unspecified atom stereocenters. The summed E-state index contributed by atoms with van der Waals surface area (Å²) in [5.74, 6) is 0.732. The maximum atomic E-state index is 9.13. The van der Waals surface area contributed by atoms with Crippen molar-refractivity contribution >= 4 is 11.3 Å². The Balaban J connectivity index is 2.04. The van der Waals surface area contributed by atoms with Gasteiger partial charge in [0.25, 0.3) is 0 Å². The number of nitrogens with zero attached hydrogens (tertiary/aromatic N) is 1. The van der Waals surface area contributed by atoms with Crippen molar-refractivity contribution in [2.24, 2.45) is 0 Å². The van der Waals surface area contributed by atoms with Crippen LogP contribution >= 0.6 is 11.3 Å². The van der Waals surface area contributed by atoms with Crippen molar-refractivity contribution in [3.8, 4) is 5.75 Å². The van der Waals surface area contributed by atoms with Gasteiger partial charge in [0.15, 0.2) is 0 Å². The van der Waals surface area contributed by atoms with E-state index < -0.39 is 0 Å². The topological polar surface area (TPSA) is 42.4 Å². The Morgan fingerprint density at radius 1 is 1.38 bits per heavy atom. The molecule has 1 heterocycles. The zero-order valence-electron chi connectivity index (χ0n) is 9.01. The van der Waals surface area contributed by atoms with Gasteiger partial charge in [0.05, 0.1) is 16.5 Å². The summed E-state index contributed by atoms with van der Waals surface area (Å²) < 4.78 is 5.64. The smallest absolute Gasteiger partial charge is 0.125 e. The van der Waals surface area contributed by atoms with Crippen LogP contribution in [0.3, 0.4) is 0 Å². The van der Waals surface area contributed by atoms with Crippen LogP contribution in [-0.2, 0) is 13.2 Å². The summed E-state index contributed by atoms with van der Waals surface area (Å²) >= 11 is 1.62. The summed E-state index contributed by atoms with van der Waals surface area (Å²) in [5.41, 5.74) is 0.809. The van der Waals surface area contributed by atoms with Gasteiger partial charge in [-0.3, -0.25) is 0 Å². The molecule has 0 spiro atoms. The number of rotatable bonds is 4. The Morgan fingerprint density at radius 3 is 2.88 bits per heavy atom. The second-order valence-electron chi connectivity index (χ2n) is 3.40. The molecular weight excluding hydrogens is 222 g/mol. The monoisotopic (exact) mass is 235 g/mol. The van der Waals surface area contributed by atoms with Crippen LogP contribution in [-0.4, -0.2) is 10.1 Å². The minimum atomic E-state index is -0.00209. The van der Waals surface area contributed by atoms with Crippen LogP contribution in [0.5, 0.6) is 5.75 Å². The SMILES string of the molecule is Cc1ncc(COc2ccccc2CO)s1. The third-order valence-corrected chi connectivity index (χ3v) is 3.07. The third-order valence-electron chi connectivity index (χ3n) is 2.18. The summed E-state index contributed by atoms with van der Waals surface area (Å²) in [4.78, 5) is 5.25. The number of ether oxygens (including phenoxy) is 1. The van der Waals surface area contributed by atoms with Crippen LogP contribution in [0.25, 0.3) is 0 Å². The summed E-state index contributed by atoms with van der Waals surface area (Å²) in [6.45, 7) is 2.47. The number of aliphatic hydroxyl groups is 1. The highest BCUT2D eigenvalue weighted by molar-refractivity contribution is 7.11. The Labute approximate surface area is 98.4 Å². The number of hydrogen-bond acceptors (Lipinski definition) is 4. The first kappa shape index (κ1) is 11.1. The van der Waals surface area contributed by atoms with Crippen molar-refractivity contribution in [1.29, 1.82) is 0 Å². The van der Waals surface area contributed by atoms with E-state index in [1.807, 2.05) is 37.4 Å². The molecule has 0 aliphatic heterocycles. The van der Waals surface area contributed by atoms with Gasteiger partial charge in [0.1, 0.15) is 12.4 Å². The molecule has 0 saturated carbocycles. The molecule has 4 heteroatoms. The van der Waals surface area contributed by atoms with E-state index in [1.54, 1.807) is 11.3 Å². The number of aromatic nitrogens is 1. The van der Waals surface area contributed by atoms with E-state index in [9.17, 15) is 0 Å². The molecule has 0 saturated heterocycles. The molecule has 0 fully saturated rings. The maximum absolute atomic E-state index is 9.13. The quantitative estimate of drug-likeness (QED) is 0.885. The van der Waals surface area contributed by atoms with Gasteiger partial charge in [-0.15, -0.1) is 11.3 Å². The van der Waals surface area contributed by atoms with Crippen molar-refractivity contribution < 1.29 is 9.84 Å². The highest BCUT2D eigenvalue weighted by Crippen LogP contribution is 2.20. The molecule has 3 nitrogen and oxygen atoms in total. The fourth-order valence-electron chi connectivity index (χ4n) is 1.40. The first-order valence-electron chi connectivity index (χ1n) is 5.02. The van der Waals surface area contributed by atoms with Crippen LogP contribution in [0.2, 0.25) is 0 Å². The molecule has 2 aromatic rings. The van der Waals surface area contributed by atoms with Crippen LogP contribution in [0, 0.1) is 6.92 Å². The van der Waals surface area contributed by atoms with Gasteiger partial charge in [-0.25, -0.2) is 4.98 Å². The second-order valence-corrected chi connectivity index (χ2v) is 4.72. The molecule has 2 rings (SSSR count). The van der Waals surface area contributed by atoms with Crippen molar-refractivity contribution in [3.63, 3.8) is 0 Å². The Kier molecular flexibility index (Phi) is 3.54. The van der Waals surface area contributed by atoms with Crippen LogP contribution in [0.1, 0.15) is 15.4 Å². The number of hydrogen-bond donors (Lipinski definition) is 1. The first-order valence-corrected chi connectivity index (χ1v) is 5.84. The van der Waals surface area contributed by atoms with Gasteiger partial charge in [0.2, 0.25) is 0 Å². The Morgan fingerprint density at radius 2 is 2.19 bits per heavy atom. The number of aryl methyl sites for hydroxylation is 1. The van der Waals surface area contributed by atoms with Crippen LogP contribution < -0.4 is 4.74 Å². The van der Waals surface area contributed by atoms with E-state index in [0.717, 1.165) is 21.2 Å². The molecule has 1 aromatic heterocycles. The molecule has 1 aromatic carbocycles. The Hall–Kier alpha value is -1.39. The fourth-order valence-corrected chi connectivity index (χ4v) is 2.10. The zero-order chi connectivity index (χ0) is 11.4. The largest absolute Gasteiger partial charge is 0.488 e. The Bertz CT molecular complexity index is 468. The minimum Gasteiger partial charge on any atom is -0.488 e. The molecule has 0 aliphatic carbocycles. The summed E-state index contributed by atoms with van der Waals surface area (Å²) in [6, 6.07) is 7.49. The summed E-state index contributed by atoms with van der Waals surface area (Å²) in [5, 5.41) is 10.2. The van der Waals surface area contributed by atoms with E-state index in [-0.39, 0.29) is 6.61 Å². The lowest BCUT2D eigenvalue weighted by atomic mass is 10.2. The number of thiazole rings is 1. The second kappa shape index (κ2) is 5.09. The number of para-hydroxylation sites is 1. The fraction of sp³-hybridized carbons (Fsp3) is 0.250. The van der Waals surface area contributed by atoms with E-state index >= 15 is 0 Å². The van der Waals surface area contributed by atoms with Crippen LogP contribution in [0.4, 0.5) is 0 Å². The molecular formula is C12H13NO2S. The minimum absolute atomic E-state index is 0.00209. The van der Waals surface area contributed by atoms with Crippen molar-refractivity contribution in [2.45, 2.75) is 20.1 Å². The number of aliphatic hydroxyl groups excluding tert-OH is 1. The molecule has 0 aliphatic rings. The third kappa shape index (κ3) is 2.59. The maximum Gasteiger partial charge on any atom is 0.125 e. The van der Waals surface area contributed by atoms with Crippen LogP contribution in [0.15, 0.2) is 30.5 Å². The van der Waals surface area contributed by atoms with Gasteiger partial charge in [-0.05, 0) is 13.0 Å². The molecule has 0 radical (unpaired) electrons. The van der Waals surface area contributed by atoms with Gasteiger partial charge in [0, 0.05) is 11.8 Å². The molecule has 0 atom stereocenters. The summed E-state index contributed by atoms with van der Waals surface area (Å²) in [6.07, 6.45) is 1.82. The van der Waals surface area contributed by atoms with Crippen molar-refractivity contribution in [2.75, 3.05) is 0 Å². The molecule has 0 bridgehead atoms. The van der Waals surface area contributed by atoms with Gasteiger partial charge in [-0.2, -0.15) is 0 Å². The molecule has 1 N–H and O–H groups in total. The lowest BCUT2D eigenvalue weighted by molar-refractivity contribution is 0.260. The molecule has 0 amide bonds. The average molecular weight is 235 g/mol. The first-order chi connectivity index (χ1) is 7.79. The molecule has 84 valence electrons. The van der Waals surface area contributed by atoms with Gasteiger partial charge >= 0.3 is 0 Å². The summed E-state index contributed by atoms with van der Waals surface area (Å²) in [7, 11) is 0. The lowest BCUT2D eigenvalue weighted by Crippen LogP contribution is -1.96. The highest BCUT2D eigenvalue weighted by Gasteiger charge is 2.03. The number of benzene rings is 1. The van der Waals surface area contributed by atoms with E-state index in [2.05, 4.69) is 4.98 Å². The zero-order valence-corrected chi connectivity index (χ0v) is 9.83. The van der Waals surface area contributed by atoms with Gasteiger partial charge < -0.3 is 9.84 Å². The normalized spacial score (nSPS) is 10.4. The standard InChI is InChI=1S/C12H13NO2S/c1-9-13-6-11(16-9)8-15-12-5-3-2-4-10(12)7-14/h2-6,14H,7-8H2,1H3. The van der Waals surface area contributed by atoms with E-state index in [1.165, 1.54) is 0 Å². The van der Waals surface area contributed by atoms with E-state index in [4.69, 9.17) is 9.84 Å². The molecule has 16 heavy (non-hydrogen) atoms. The predicted molar refractivity (Wildman–Crippen MR) is 63.5 cm³/mol. The van der Waals surface area contributed by atoms with Crippen molar-refractivity contribution in [3.05, 3.63) is 45.9 Å².